The fraction of sp³-hybridized carbons (Fsp3) is 0.410. The van der Waals surface area contributed by atoms with E-state index in [9.17, 15) is 14.3 Å². The van der Waals surface area contributed by atoms with Crippen LogP contribution in [0.3, 0.4) is 0 Å². The summed E-state index contributed by atoms with van der Waals surface area (Å²) in [5.74, 6) is 2.35. The van der Waals surface area contributed by atoms with E-state index in [1.165, 1.54) is 12.7 Å². The Hall–Kier alpha value is -5.46. The van der Waals surface area contributed by atoms with Crippen molar-refractivity contribution in [1.82, 2.24) is 29.7 Å². The van der Waals surface area contributed by atoms with E-state index in [0.29, 0.717) is 35.7 Å². The van der Waals surface area contributed by atoms with Crippen molar-refractivity contribution < 1.29 is 22.7 Å². The summed E-state index contributed by atoms with van der Waals surface area (Å²) in [7, 11) is 0. The molecule has 1 saturated heterocycles. The van der Waals surface area contributed by atoms with Crippen LogP contribution in [-0.4, -0.2) is 67.2 Å². The second-order valence-electron chi connectivity index (χ2n) is 14.5. The second-order valence-corrected chi connectivity index (χ2v) is 15.6. The van der Waals surface area contributed by atoms with E-state index in [1.54, 1.807) is 22.9 Å². The molecule has 0 radical (unpaired) electrons. The molecule has 4 heterocycles. The number of benzene rings is 2. The van der Waals surface area contributed by atoms with Crippen LogP contribution in [0.5, 0.6) is 11.5 Å². The van der Waals surface area contributed by atoms with Crippen molar-refractivity contribution in [1.29, 1.82) is 5.26 Å². The van der Waals surface area contributed by atoms with Gasteiger partial charge in [-0.3, -0.25) is 13.9 Å². The molecule has 15 heteroatoms. The number of urea groups is 1. The number of piperidine rings is 1. The molecular formula is C39H45N9O5S. The Morgan fingerprint density at radius 2 is 1.80 bits per heavy atom. The fourth-order valence-electron chi connectivity index (χ4n) is 6.93. The molecule has 282 valence electrons. The van der Waals surface area contributed by atoms with E-state index in [2.05, 4.69) is 37.9 Å². The van der Waals surface area contributed by atoms with Gasteiger partial charge >= 0.3 is 6.03 Å². The molecule has 2 amide bonds. The molecule has 0 bridgehead atoms. The molecule has 0 spiro atoms. The number of fused-ring (bicyclic) bond motifs is 2. The van der Waals surface area contributed by atoms with Gasteiger partial charge in [0, 0.05) is 36.9 Å². The highest BCUT2D eigenvalue weighted by atomic mass is 32.2. The SMILES string of the molecule is CS(=O)OCCOc1cc(-n2nc(C(C)(C)C)cc2NC(=O)N[C@H]2CCC(Oc3ccc4nnc(N5CCCCC5)n4c3)c3ccccc32)ccc1C#N. The number of carbonyl (C=O) groups excluding carboxylic acids is 1. The number of hydrogen-bond acceptors (Lipinski definition) is 10. The maximum Gasteiger partial charge on any atom is 0.320 e. The van der Waals surface area contributed by atoms with Gasteiger partial charge in [0.05, 0.1) is 35.8 Å². The maximum atomic E-state index is 13.7. The molecule has 54 heavy (non-hydrogen) atoms. The predicted octanol–water partition coefficient (Wildman–Crippen LogP) is 6.54. The molecule has 1 aliphatic carbocycles. The van der Waals surface area contributed by atoms with Gasteiger partial charge in [-0.1, -0.05) is 45.0 Å². The average molecular weight is 752 g/mol. The zero-order valence-electron chi connectivity index (χ0n) is 30.9. The van der Waals surface area contributed by atoms with Crippen molar-refractivity contribution in [2.75, 3.05) is 42.8 Å². The van der Waals surface area contributed by atoms with Gasteiger partial charge in [-0.05, 0) is 67.5 Å². The third-order valence-corrected chi connectivity index (χ3v) is 10.2. The Balaban J connectivity index is 1.08. The summed E-state index contributed by atoms with van der Waals surface area (Å²) in [5, 5.41) is 29.6. The van der Waals surface area contributed by atoms with Crippen LogP contribution < -0.4 is 25.0 Å². The fourth-order valence-corrected chi connectivity index (χ4v) is 7.23. The molecule has 3 atom stereocenters. The number of ether oxygens (including phenoxy) is 2. The lowest BCUT2D eigenvalue weighted by Crippen LogP contribution is -2.36. The van der Waals surface area contributed by atoms with Crippen molar-refractivity contribution in [3.8, 4) is 23.3 Å². The molecule has 1 aliphatic heterocycles. The summed E-state index contributed by atoms with van der Waals surface area (Å²) in [6.45, 7) is 8.27. The van der Waals surface area contributed by atoms with Crippen LogP contribution in [0.25, 0.3) is 11.3 Å². The van der Waals surface area contributed by atoms with Crippen molar-refractivity contribution in [2.45, 2.75) is 70.4 Å². The van der Waals surface area contributed by atoms with Crippen molar-refractivity contribution >= 4 is 34.5 Å². The minimum absolute atomic E-state index is 0.0942. The molecular weight excluding hydrogens is 707 g/mol. The Morgan fingerprint density at radius 1 is 1.00 bits per heavy atom. The average Bonchev–Trinajstić information content (AvgIpc) is 3.79. The van der Waals surface area contributed by atoms with Crippen molar-refractivity contribution in [3.05, 3.63) is 89.2 Å². The van der Waals surface area contributed by atoms with E-state index in [0.717, 1.165) is 60.1 Å². The quantitative estimate of drug-likeness (QED) is 0.142. The third-order valence-electron chi connectivity index (χ3n) is 9.66. The van der Waals surface area contributed by atoms with Gasteiger partial charge < -0.3 is 19.7 Å². The van der Waals surface area contributed by atoms with Gasteiger partial charge in [-0.15, -0.1) is 10.2 Å². The lowest BCUT2D eigenvalue weighted by Gasteiger charge is -2.32. The Kier molecular flexibility index (Phi) is 10.8. The number of rotatable bonds is 11. The van der Waals surface area contributed by atoms with Crippen LogP contribution in [0.1, 0.15) is 87.4 Å². The van der Waals surface area contributed by atoms with Crippen molar-refractivity contribution in [2.24, 2.45) is 0 Å². The van der Waals surface area contributed by atoms with E-state index < -0.39 is 11.1 Å². The topological polar surface area (TPSA) is 161 Å². The number of pyridine rings is 1. The Bertz CT molecular complexity index is 2200. The number of hydrogen-bond donors (Lipinski definition) is 2. The number of amides is 2. The zero-order chi connectivity index (χ0) is 37.8. The van der Waals surface area contributed by atoms with Gasteiger partial charge in [0.2, 0.25) is 5.95 Å². The summed E-state index contributed by atoms with van der Waals surface area (Å²) >= 11 is -1.43. The van der Waals surface area contributed by atoms with Crippen LogP contribution in [0.2, 0.25) is 0 Å². The van der Waals surface area contributed by atoms with Crippen LogP contribution in [0, 0.1) is 11.3 Å². The maximum absolute atomic E-state index is 13.7. The van der Waals surface area contributed by atoms with Crippen LogP contribution in [0.4, 0.5) is 16.6 Å². The minimum atomic E-state index is -1.43. The summed E-state index contributed by atoms with van der Waals surface area (Å²) in [5.41, 5.74) is 4.16. The molecule has 7 rings (SSSR count). The first-order valence-electron chi connectivity index (χ1n) is 18.2. The first kappa shape index (κ1) is 36.9. The lowest BCUT2D eigenvalue weighted by atomic mass is 9.85. The van der Waals surface area contributed by atoms with Gasteiger partial charge in [-0.25, -0.2) is 13.7 Å². The number of nitrogens with zero attached hydrogens (tertiary/aromatic N) is 7. The highest BCUT2D eigenvalue weighted by molar-refractivity contribution is 7.79. The number of nitriles is 1. The monoisotopic (exact) mass is 751 g/mol. The summed E-state index contributed by atoms with van der Waals surface area (Å²) in [6.07, 6.45) is 8.10. The number of anilines is 2. The molecule has 3 aromatic heterocycles. The normalized spacial score (nSPS) is 17.7. The first-order valence-corrected chi connectivity index (χ1v) is 19.7. The van der Waals surface area contributed by atoms with Crippen LogP contribution >= 0.6 is 0 Å². The molecule has 2 aromatic carbocycles. The molecule has 2 N–H and O–H groups in total. The van der Waals surface area contributed by atoms with Crippen molar-refractivity contribution in [3.63, 3.8) is 0 Å². The third kappa shape index (κ3) is 8.19. The molecule has 5 aromatic rings. The highest BCUT2D eigenvalue weighted by Gasteiger charge is 2.30. The van der Waals surface area contributed by atoms with Gasteiger partial charge in [-0.2, -0.15) is 10.4 Å². The Morgan fingerprint density at radius 3 is 2.56 bits per heavy atom. The Labute approximate surface area is 317 Å². The number of nitrogens with one attached hydrogen (secondary N) is 2. The van der Waals surface area contributed by atoms with E-state index in [1.807, 2.05) is 67.8 Å². The lowest BCUT2D eigenvalue weighted by molar-refractivity contribution is 0.171. The first-order chi connectivity index (χ1) is 26.1. The van der Waals surface area contributed by atoms with Crippen LogP contribution in [-0.2, 0) is 20.7 Å². The molecule has 2 aliphatic rings. The van der Waals surface area contributed by atoms with E-state index >= 15 is 0 Å². The largest absolute Gasteiger partial charge is 0.490 e. The van der Waals surface area contributed by atoms with Gasteiger partial charge in [0.25, 0.3) is 0 Å². The molecule has 14 nitrogen and oxygen atoms in total. The molecule has 1 fully saturated rings. The molecule has 0 saturated carbocycles. The zero-order valence-corrected chi connectivity index (χ0v) is 31.8. The predicted molar refractivity (Wildman–Crippen MR) is 205 cm³/mol. The smallest absolute Gasteiger partial charge is 0.320 e. The van der Waals surface area contributed by atoms with Crippen LogP contribution in [0.15, 0.2) is 66.9 Å². The summed E-state index contributed by atoms with van der Waals surface area (Å²) in [4.78, 5) is 16.0. The second kappa shape index (κ2) is 15.9. The standard InChI is InChI=1S/C39H45N9O5S/c1-39(2,3)34-23-36(48(45-34)27-13-12-26(24-40)33(22-27)51-20-21-52-54(4)50)42-37(49)41-31-15-16-32(30-11-7-6-10-29(30)31)53-28-14-17-35-43-44-38(47(35)25-28)46-18-8-5-9-19-46/h6-7,10-14,17,22-23,25,31-32H,5,8-9,15-16,18-21H2,1-4H3,(H2,41,42,49)/t31-,32?,54?/m0/s1. The summed E-state index contributed by atoms with van der Waals surface area (Å²) < 4.78 is 32.5. The minimum Gasteiger partial charge on any atom is -0.490 e. The molecule has 2 unspecified atom stereocenters. The van der Waals surface area contributed by atoms with Gasteiger partial charge in [0.1, 0.15) is 36.1 Å². The van der Waals surface area contributed by atoms with E-state index in [4.69, 9.17) is 18.8 Å². The number of aromatic nitrogens is 5. The van der Waals surface area contributed by atoms with Gasteiger partial charge in [0.15, 0.2) is 16.7 Å². The highest BCUT2D eigenvalue weighted by Crippen LogP contribution is 2.39. The van der Waals surface area contributed by atoms with E-state index in [-0.39, 0.29) is 36.8 Å². The number of carbonyl (C=O) groups is 1. The summed E-state index contributed by atoms with van der Waals surface area (Å²) in [6, 6.07) is 20.4.